The molecule has 0 bridgehead atoms. The van der Waals surface area contributed by atoms with Crippen molar-refractivity contribution in [3.63, 3.8) is 0 Å². The summed E-state index contributed by atoms with van der Waals surface area (Å²) in [6.07, 6.45) is 8.12. The first-order valence-corrected chi connectivity index (χ1v) is 7.32. The van der Waals surface area contributed by atoms with Gasteiger partial charge >= 0.3 is 12.0 Å². The fraction of sp³-hybridized carbons (Fsp3) is 0.467. The van der Waals surface area contributed by atoms with E-state index in [1.54, 1.807) is 0 Å². The number of pyridine rings is 1. The maximum Gasteiger partial charge on any atom is 0.338 e. The second-order valence-electron chi connectivity index (χ2n) is 5.17. The van der Waals surface area contributed by atoms with Crippen molar-refractivity contribution in [2.75, 3.05) is 6.61 Å². The molecule has 1 aliphatic carbocycles. The molecule has 7 heteroatoms. The molecule has 1 saturated carbocycles. The van der Waals surface area contributed by atoms with Gasteiger partial charge in [0.15, 0.2) is 6.61 Å². The molecule has 0 spiro atoms. The van der Waals surface area contributed by atoms with Gasteiger partial charge in [-0.1, -0.05) is 19.3 Å². The molecule has 7 nitrogen and oxygen atoms in total. The van der Waals surface area contributed by atoms with Gasteiger partial charge in [-0.05, 0) is 25.0 Å². The van der Waals surface area contributed by atoms with Gasteiger partial charge in [-0.2, -0.15) is 0 Å². The Morgan fingerprint density at radius 2 is 1.82 bits per heavy atom. The molecule has 0 aliphatic heterocycles. The van der Waals surface area contributed by atoms with E-state index in [1.165, 1.54) is 30.9 Å². The van der Waals surface area contributed by atoms with Crippen LogP contribution in [0.2, 0.25) is 0 Å². The fourth-order valence-electron chi connectivity index (χ4n) is 2.33. The summed E-state index contributed by atoms with van der Waals surface area (Å²) in [6, 6.07) is 2.53. The number of ether oxygens (including phenoxy) is 1. The molecule has 0 atom stereocenters. The molecule has 0 aromatic carbocycles. The van der Waals surface area contributed by atoms with Crippen LogP contribution in [0.3, 0.4) is 0 Å². The van der Waals surface area contributed by atoms with E-state index < -0.39 is 24.5 Å². The summed E-state index contributed by atoms with van der Waals surface area (Å²) in [7, 11) is 0. The summed E-state index contributed by atoms with van der Waals surface area (Å²) in [5.74, 6) is -1.29. The number of rotatable bonds is 4. The summed E-state index contributed by atoms with van der Waals surface area (Å²) < 4.78 is 4.82. The lowest BCUT2D eigenvalue weighted by molar-refractivity contribution is -0.123. The van der Waals surface area contributed by atoms with Crippen LogP contribution >= 0.6 is 0 Å². The first-order chi connectivity index (χ1) is 10.6. The highest BCUT2D eigenvalue weighted by molar-refractivity contribution is 5.97. The standard InChI is InChI=1S/C15H19N3O4/c19-13(10-22-14(20)11-6-8-16-9-7-11)18-15(21)17-12-4-2-1-3-5-12/h6-9,12H,1-5,10H2,(H2,17,18,19,21). The average Bonchev–Trinajstić information content (AvgIpc) is 2.54. The van der Waals surface area contributed by atoms with Crippen LogP contribution < -0.4 is 10.6 Å². The van der Waals surface area contributed by atoms with Crippen molar-refractivity contribution in [1.29, 1.82) is 0 Å². The third-order valence-electron chi connectivity index (χ3n) is 3.44. The zero-order valence-corrected chi connectivity index (χ0v) is 12.2. The minimum atomic E-state index is -0.657. The van der Waals surface area contributed by atoms with Crippen molar-refractivity contribution >= 4 is 17.9 Å². The van der Waals surface area contributed by atoms with Gasteiger partial charge in [0.25, 0.3) is 5.91 Å². The van der Waals surface area contributed by atoms with Crippen LogP contribution in [0.25, 0.3) is 0 Å². The van der Waals surface area contributed by atoms with E-state index in [1.807, 2.05) is 0 Å². The number of aromatic nitrogens is 1. The Hall–Kier alpha value is -2.44. The number of carbonyl (C=O) groups is 3. The van der Waals surface area contributed by atoms with Crippen molar-refractivity contribution < 1.29 is 19.1 Å². The Bertz CT molecular complexity index is 527. The summed E-state index contributed by atoms with van der Waals surface area (Å²) >= 11 is 0. The molecule has 1 heterocycles. The lowest BCUT2D eigenvalue weighted by Gasteiger charge is -2.22. The molecule has 2 N–H and O–H groups in total. The van der Waals surface area contributed by atoms with Crippen LogP contribution in [0, 0.1) is 0 Å². The van der Waals surface area contributed by atoms with Crippen molar-refractivity contribution in [3.05, 3.63) is 30.1 Å². The number of amides is 3. The number of imide groups is 1. The van der Waals surface area contributed by atoms with E-state index in [9.17, 15) is 14.4 Å². The van der Waals surface area contributed by atoms with Crippen LogP contribution in [0.15, 0.2) is 24.5 Å². The highest BCUT2D eigenvalue weighted by atomic mass is 16.5. The van der Waals surface area contributed by atoms with Crippen molar-refractivity contribution in [2.24, 2.45) is 0 Å². The van der Waals surface area contributed by atoms with Crippen molar-refractivity contribution in [3.8, 4) is 0 Å². The van der Waals surface area contributed by atoms with E-state index in [0.29, 0.717) is 5.56 Å². The summed E-state index contributed by atoms with van der Waals surface area (Å²) in [6.45, 7) is -0.501. The van der Waals surface area contributed by atoms with Crippen LogP contribution in [0.5, 0.6) is 0 Å². The van der Waals surface area contributed by atoms with E-state index in [2.05, 4.69) is 15.6 Å². The molecular formula is C15H19N3O4. The molecule has 22 heavy (non-hydrogen) atoms. The topological polar surface area (TPSA) is 97.4 Å². The lowest BCUT2D eigenvalue weighted by atomic mass is 9.96. The maximum absolute atomic E-state index is 11.6. The minimum Gasteiger partial charge on any atom is -0.452 e. The van der Waals surface area contributed by atoms with Crippen LogP contribution in [-0.2, 0) is 9.53 Å². The summed E-state index contributed by atoms with van der Waals surface area (Å²) in [5.41, 5.74) is 0.300. The van der Waals surface area contributed by atoms with Crippen LogP contribution in [-0.4, -0.2) is 35.5 Å². The van der Waals surface area contributed by atoms with E-state index in [0.717, 1.165) is 25.7 Å². The largest absolute Gasteiger partial charge is 0.452 e. The first-order valence-electron chi connectivity index (χ1n) is 7.32. The number of esters is 1. The molecule has 3 amide bonds. The molecule has 1 aromatic heterocycles. The second-order valence-corrected chi connectivity index (χ2v) is 5.17. The Morgan fingerprint density at radius 3 is 2.50 bits per heavy atom. The maximum atomic E-state index is 11.6. The number of hydrogen-bond acceptors (Lipinski definition) is 5. The number of hydrogen-bond donors (Lipinski definition) is 2. The van der Waals surface area contributed by atoms with E-state index in [-0.39, 0.29) is 6.04 Å². The third kappa shape index (κ3) is 5.16. The predicted octanol–water partition coefficient (Wildman–Crippen LogP) is 1.40. The van der Waals surface area contributed by atoms with E-state index >= 15 is 0 Å². The molecule has 1 aliphatic rings. The first kappa shape index (κ1) is 15.9. The Morgan fingerprint density at radius 1 is 1.14 bits per heavy atom. The highest BCUT2D eigenvalue weighted by Crippen LogP contribution is 2.17. The fourth-order valence-corrected chi connectivity index (χ4v) is 2.33. The highest BCUT2D eigenvalue weighted by Gasteiger charge is 2.17. The molecule has 0 saturated heterocycles. The van der Waals surface area contributed by atoms with Crippen LogP contribution in [0.4, 0.5) is 4.79 Å². The number of carbonyl (C=O) groups excluding carboxylic acids is 3. The molecule has 118 valence electrons. The van der Waals surface area contributed by atoms with Crippen LogP contribution in [0.1, 0.15) is 42.5 Å². The molecule has 2 rings (SSSR count). The molecule has 1 aromatic rings. The third-order valence-corrected chi connectivity index (χ3v) is 3.44. The van der Waals surface area contributed by atoms with Gasteiger partial charge < -0.3 is 10.1 Å². The van der Waals surface area contributed by atoms with Gasteiger partial charge in [-0.3, -0.25) is 15.1 Å². The Balaban J connectivity index is 1.68. The van der Waals surface area contributed by atoms with Gasteiger partial charge in [-0.15, -0.1) is 0 Å². The van der Waals surface area contributed by atoms with E-state index in [4.69, 9.17) is 4.74 Å². The normalized spacial score (nSPS) is 14.9. The smallest absolute Gasteiger partial charge is 0.338 e. The zero-order valence-electron chi connectivity index (χ0n) is 12.2. The van der Waals surface area contributed by atoms with Crippen molar-refractivity contribution in [1.82, 2.24) is 15.6 Å². The molecule has 0 radical (unpaired) electrons. The molecule has 0 unspecified atom stereocenters. The van der Waals surface area contributed by atoms with Crippen molar-refractivity contribution in [2.45, 2.75) is 38.1 Å². The number of nitrogens with zero attached hydrogens (tertiary/aromatic N) is 1. The SMILES string of the molecule is O=C(COC(=O)c1ccncc1)NC(=O)NC1CCCCC1. The average molecular weight is 305 g/mol. The van der Waals surface area contributed by atoms with Gasteiger partial charge in [0.1, 0.15) is 0 Å². The summed E-state index contributed by atoms with van der Waals surface area (Å²) in [4.78, 5) is 38.6. The quantitative estimate of drug-likeness (QED) is 0.819. The Labute approximate surface area is 128 Å². The number of nitrogens with one attached hydrogen (secondary N) is 2. The van der Waals surface area contributed by atoms with Gasteiger partial charge in [-0.25, -0.2) is 9.59 Å². The molecule has 1 fully saturated rings. The predicted molar refractivity (Wildman–Crippen MR) is 78.1 cm³/mol. The van der Waals surface area contributed by atoms with Gasteiger partial charge in [0, 0.05) is 18.4 Å². The Kier molecular flexibility index (Phi) is 5.88. The summed E-state index contributed by atoms with van der Waals surface area (Å²) in [5, 5.41) is 4.90. The van der Waals surface area contributed by atoms with Gasteiger partial charge in [0.05, 0.1) is 5.56 Å². The zero-order chi connectivity index (χ0) is 15.8. The molecular weight excluding hydrogens is 286 g/mol. The van der Waals surface area contributed by atoms with Gasteiger partial charge in [0.2, 0.25) is 0 Å². The lowest BCUT2D eigenvalue weighted by Crippen LogP contribution is -2.46. The number of urea groups is 1. The minimum absolute atomic E-state index is 0.112. The monoisotopic (exact) mass is 305 g/mol. The second kappa shape index (κ2) is 8.11.